The third-order valence-electron chi connectivity index (χ3n) is 2.39. The Morgan fingerprint density at radius 3 is 2.93 bits per heavy atom. The molecule has 2 N–H and O–H groups in total. The minimum Gasteiger partial charge on any atom is -0.379 e. The standard InChI is InChI=1S/C11H14N2S/c1-8-4-2-3-5-9(6-8)10-7-14-11(12)13-10/h2-5,10H,6-7H2,1H3,(H2,12,13). The van der Waals surface area contributed by atoms with Crippen LogP contribution in [0.15, 0.2) is 40.4 Å². The molecule has 2 rings (SSSR count). The van der Waals surface area contributed by atoms with Crippen LogP contribution in [0.5, 0.6) is 0 Å². The van der Waals surface area contributed by atoms with Crippen LogP contribution < -0.4 is 5.73 Å². The van der Waals surface area contributed by atoms with Crippen molar-refractivity contribution in [2.24, 2.45) is 10.7 Å². The van der Waals surface area contributed by atoms with Crippen LogP contribution in [0, 0.1) is 0 Å². The van der Waals surface area contributed by atoms with Crippen LogP contribution in [0.3, 0.4) is 0 Å². The van der Waals surface area contributed by atoms with Crippen LogP contribution in [0.1, 0.15) is 13.3 Å². The molecule has 74 valence electrons. The summed E-state index contributed by atoms with van der Waals surface area (Å²) in [5.74, 6) is 0.999. The molecule has 0 saturated carbocycles. The maximum absolute atomic E-state index is 5.66. The SMILES string of the molecule is CC1=CC=CC=C(C2CSC(N)=N2)C1. The van der Waals surface area contributed by atoms with Gasteiger partial charge in [-0.3, -0.25) is 4.99 Å². The normalized spacial score (nSPS) is 26.6. The van der Waals surface area contributed by atoms with Gasteiger partial charge in [0.05, 0.1) is 6.04 Å². The molecule has 14 heavy (non-hydrogen) atoms. The van der Waals surface area contributed by atoms with Gasteiger partial charge in [0.1, 0.15) is 0 Å². The molecule has 0 aromatic carbocycles. The highest BCUT2D eigenvalue weighted by molar-refractivity contribution is 8.14. The third kappa shape index (κ3) is 2.10. The van der Waals surface area contributed by atoms with E-state index in [-0.39, 0.29) is 0 Å². The molecule has 0 aromatic heterocycles. The lowest BCUT2D eigenvalue weighted by molar-refractivity contribution is 0.846. The Bertz CT molecular complexity index is 350. The molecule has 2 aliphatic rings. The average Bonchev–Trinajstić information content (AvgIpc) is 2.45. The lowest BCUT2D eigenvalue weighted by atomic mass is 10.0. The number of hydrogen-bond acceptors (Lipinski definition) is 3. The molecule has 1 unspecified atom stereocenters. The van der Waals surface area contributed by atoms with Crippen molar-refractivity contribution in [3.05, 3.63) is 35.5 Å². The zero-order valence-electron chi connectivity index (χ0n) is 8.23. The zero-order valence-corrected chi connectivity index (χ0v) is 9.05. The number of nitrogens with zero attached hydrogens (tertiary/aromatic N) is 1. The molecule has 1 aliphatic heterocycles. The van der Waals surface area contributed by atoms with Crippen LogP contribution in [0.25, 0.3) is 0 Å². The second-order valence-corrected chi connectivity index (χ2v) is 4.65. The fourth-order valence-electron chi connectivity index (χ4n) is 1.65. The molecule has 0 fully saturated rings. The van der Waals surface area contributed by atoms with Gasteiger partial charge in [-0.25, -0.2) is 0 Å². The Hall–Kier alpha value is -0.960. The summed E-state index contributed by atoms with van der Waals surface area (Å²) in [5, 5.41) is 0.728. The summed E-state index contributed by atoms with van der Waals surface area (Å²) in [6, 6.07) is 0.297. The number of amidine groups is 1. The van der Waals surface area contributed by atoms with E-state index in [1.807, 2.05) is 0 Å². The summed E-state index contributed by atoms with van der Waals surface area (Å²) < 4.78 is 0. The lowest BCUT2D eigenvalue weighted by Crippen LogP contribution is -2.08. The van der Waals surface area contributed by atoms with E-state index in [4.69, 9.17) is 5.73 Å². The molecule has 0 amide bonds. The monoisotopic (exact) mass is 206 g/mol. The Balaban J connectivity index is 2.15. The maximum atomic E-state index is 5.66. The van der Waals surface area contributed by atoms with Gasteiger partial charge in [-0.15, -0.1) is 0 Å². The first kappa shape index (κ1) is 9.59. The first-order valence-corrected chi connectivity index (χ1v) is 5.73. The summed E-state index contributed by atoms with van der Waals surface area (Å²) in [6.07, 6.45) is 9.51. The summed E-state index contributed by atoms with van der Waals surface area (Å²) in [4.78, 5) is 4.42. The number of hydrogen-bond donors (Lipinski definition) is 1. The molecule has 3 heteroatoms. The molecule has 1 heterocycles. The zero-order chi connectivity index (χ0) is 9.97. The van der Waals surface area contributed by atoms with Crippen LogP contribution in [-0.2, 0) is 0 Å². The predicted octanol–water partition coefficient (Wildman–Crippen LogP) is 2.25. The third-order valence-corrected chi connectivity index (χ3v) is 3.27. The van der Waals surface area contributed by atoms with Gasteiger partial charge >= 0.3 is 0 Å². The topological polar surface area (TPSA) is 38.4 Å². The lowest BCUT2D eigenvalue weighted by Gasteiger charge is -2.10. The fraction of sp³-hybridized carbons (Fsp3) is 0.364. The molecule has 0 radical (unpaired) electrons. The quantitative estimate of drug-likeness (QED) is 0.714. The van der Waals surface area contributed by atoms with Gasteiger partial charge in [-0.1, -0.05) is 41.6 Å². The largest absolute Gasteiger partial charge is 0.379 e. The summed E-state index contributed by atoms with van der Waals surface area (Å²) >= 11 is 1.65. The predicted molar refractivity (Wildman–Crippen MR) is 63.5 cm³/mol. The van der Waals surface area contributed by atoms with Crippen molar-refractivity contribution < 1.29 is 0 Å². The molecule has 0 spiro atoms. The summed E-state index contributed by atoms with van der Waals surface area (Å²) in [6.45, 7) is 2.15. The Kier molecular flexibility index (Phi) is 2.77. The molecule has 1 atom stereocenters. The van der Waals surface area contributed by atoms with Crippen molar-refractivity contribution in [3.8, 4) is 0 Å². The van der Waals surface area contributed by atoms with Crippen molar-refractivity contribution in [2.75, 3.05) is 5.75 Å². The molecule has 0 aromatic rings. The van der Waals surface area contributed by atoms with Crippen molar-refractivity contribution in [2.45, 2.75) is 19.4 Å². The maximum Gasteiger partial charge on any atom is 0.154 e. The van der Waals surface area contributed by atoms with E-state index in [2.05, 4.69) is 36.2 Å². The molecular formula is C11H14N2S. The van der Waals surface area contributed by atoms with E-state index >= 15 is 0 Å². The van der Waals surface area contributed by atoms with E-state index in [9.17, 15) is 0 Å². The van der Waals surface area contributed by atoms with E-state index < -0.39 is 0 Å². The number of rotatable bonds is 1. The molecule has 0 saturated heterocycles. The Morgan fingerprint density at radius 1 is 1.43 bits per heavy atom. The van der Waals surface area contributed by atoms with Crippen LogP contribution in [-0.4, -0.2) is 17.0 Å². The highest BCUT2D eigenvalue weighted by atomic mass is 32.2. The van der Waals surface area contributed by atoms with Crippen LogP contribution in [0.2, 0.25) is 0 Å². The highest BCUT2D eigenvalue weighted by Gasteiger charge is 2.20. The smallest absolute Gasteiger partial charge is 0.154 e. The minimum atomic E-state index is 0.297. The minimum absolute atomic E-state index is 0.297. The molecular weight excluding hydrogens is 192 g/mol. The number of aliphatic imine (C=N–C) groups is 1. The van der Waals surface area contributed by atoms with Crippen LogP contribution in [0.4, 0.5) is 0 Å². The molecule has 2 nitrogen and oxygen atoms in total. The van der Waals surface area contributed by atoms with Crippen molar-refractivity contribution >= 4 is 16.9 Å². The highest BCUT2D eigenvalue weighted by Crippen LogP contribution is 2.26. The Morgan fingerprint density at radius 2 is 2.21 bits per heavy atom. The van der Waals surface area contributed by atoms with Gasteiger partial charge in [0.2, 0.25) is 0 Å². The van der Waals surface area contributed by atoms with E-state index in [1.165, 1.54) is 11.1 Å². The first-order chi connectivity index (χ1) is 6.75. The van der Waals surface area contributed by atoms with Gasteiger partial charge < -0.3 is 5.73 Å². The number of allylic oxidation sites excluding steroid dienone is 5. The number of nitrogens with two attached hydrogens (primary N) is 1. The van der Waals surface area contributed by atoms with E-state index in [0.717, 1.165) is 17.3 Å². The van der Waals surface area contributed by atoms with Gasteiger partial charge in [0, 0.05) is 5.75 Å². The van der Waals surface area contributed by atoms with E-state index in [0.29, 0.717) is 6.04 Å². The van der Waals surface area contributed by atoms with Crippen molar-refractivity contribution in [1.82, 2.24) is 0 Å². The average molecular weight is 206 g/mol. The summed E-state index contributed by atoms with van der Waals surface area (Å²) in [7, 11) is 0. The van der Waals surface area contributed by atoms with Gasteiger partial charge in [0.25, 0.3) is 0 Å². The van der Waals surface area contributed by atoms with Crippen molar-refractivity contribution in [3.63, 3.8) is 0 Å². The number of thioether (sulfide) groups is 1. The van der Waals surface area contributed by atoms with Gasteiger partial charge in [-0.2, -0.15) is 0 Å². The van der Waals surface area contributed by atoms with Crippen LogP contribution >= 0.6 is 11.8 Å². The van der Waals surface area contributed by atoms with E-state index in [1.54, 1.807) is 11.8 Å². The van der Waals surface area contributed by atoms with Gasteiger partial charge in [-0.05, 0) is 18.9 Å². The summed E-state index contributed by atoms with van der Waals surface area (Å²) in [5.41, 5.74) is 8.42. The molecule has 0 bridgehead atoms. The van der Waals surface area contributed by atoms with Gasteiger partial charge in [0.15, 0.2) is 5.17 Å². The Labute approximate surface area is 88.7 Å². The van der Waals surface area contributed by atoms with Crippen molar-refractivity contribution in [1.29, 1.82) is 0 Å². The fourth-order valence-corrected chi connectivity index (χ4v) is 2.47. The molecule has 1 aliphatic carbocycles. The second-order valence-electron chi connectivity index (χ2n) is 3.61. The second kappa shape index (κ2) is 4.05. The first-order valence-electron chi connectivity index (χ1n) is 4.74.